The molecule has 1 aliphatic rings. The first-order valence-electron chi connectivity index (χ1n) is 3.09. The molecule has 0 N–H and O–H groups in total. The predicted molar refractivity (Wildman–Crippen MR) is 45.3 cm³/mol. The number of hydrogen-bond acceptors (Lipinski definition) is 0. The quantitative estimate of drug-likeness (QED) is 0.451. The van der Waals surface area contributed by atoms with Crippen molar-refractivity contribution in [3.05, 3.63) is 35.2 Å². The van der Waals surface area contributed by atoms with Crippen LogP contribution in [0.5, 0.6) is 0 Å². The Morgan fingerprint density at radius 2 is 2.33 bits per heavy atom. The average molecular weight is 138 g/mol. The molecule has 0 aromatic rings. The molecule has 1 aliphatic carbocycles. The molecule has 0 nitrogen and oxygen atoms in total. The molecule has 0 spiro atoms. The van der Waals surface area contributed by atoms with Gasteiger partial charge in [0.2, 0.25) is 0 Å². The van der Waals surface area contributed by atoms with Crippen LogP contribution in [0.2, 0.25) is 0 Å². The maximum atomic E-state index is 2.71. The summed E-state index contributed by atoms with van der Waals surface area (Å²) in [5.41, 5.74) is 1.33. The molecule has 1 unspecified atom stereocenters. The predicted octanol–water partition coefficient (Wildman–Crippen LogP) is 2.65. The van der Waals surface area contributed by atoms with Gasteiger partial charge in [-0.15, -0.1) is 9.24 Å². The lowest BCUT2D eigenvalue weighted by molar-refractivity contribution is 1.39. The molecule has 1 heteroatoms. The zero-order chi connectivity index (χ0) is 6.69. The smallest absolute Gasteiger partial charge is 0.0157 e. The van der Waals surface area contributed by atoms with E-state index in [0.29, 0.717) is 0 Å². The molecular weight excluding hydrogens is 127 g/mol. The molecule has 0 aromatic carbocycles. The van der Waals surface area contributed by atoms with Gasteiger partial charge < -0.3 is 0 Å². The summed E-state index contributed by atoms with van der Waals surface area (Å²) in [6.45, 7) is 2.11. The molecular formula is C8H11P. The molecule has 0 aromatic heterocycles. The van der Waals surface area contributed by atoms with Crippen molar-refractivity contribution in [3.8, 4) is 0 Å². The Balaban J connectivity index is 2.82. The lowest BCUT2D eigenvalue weighted by atomic mass is 10.3. The third kappa shape index (κ3) is 2.15. The van der Waals surface area contributed by atoms with E-state index in [-0.39, 0.29) is 0 Å². The Morgan fingerprint density at radius 1 is 1.56 bits per heavy atom. The van der Waals surface area contributed by atoms with Crippen molar-refractivity contribution in [2.75, 3.05) is 0 Å². The van der Waals surface area contributed by atoms with Crippen molar-refractivity contribution in [1.82, 2.24) is 0 Å². The van der Waals surface area contributed by atoms with Gasteiger partial charge in [0.1, 0.15) is 0 Å². The molecule has 0 amide bonds. The summed E-state index contributed by atoms with van der Waals surface area (Å²) in [5.74, 6) is 0. The minimum absolute atomic E-state index is 1.06. The molecule has 48 valence electrons. The van der Waals surface area contributed by atoms with E-state index in [9.17, 15) is 0 Å². The highest BCUT2D eigenvalue weighted by atomic mass is 31.0. The van der Waals surface area contributed by atoms with Crippen LogP contribution in [0.15, 0.2) is 35.2 Å². The van der Waals surface area contributed by atoms with Crippen molar-refractivity contribution >= 4 is 9.24 Å². The molecule has 0 saturated heterocycles. The Kier molecular flexibility index (Phi) is 2.24. The van der Waals surface area contributed by atoms with Crippen LogP contribution in [0.25, 0.3) is 0 Å². The van der Waals surface area contributed by atoms with E-state index in [1.165, 1.54) is 10.9 Å². The van der Waals surface area contributed by atoms with Crippen LogP contribution in [-0.4, -0.2) is 0 Å². The van der Waals surface area contributed by atoms with Crippen LogP contribution >= 0.6 is 9.24 Å². The van der Waals surface area contributed by atoms with Crippen LogP contribution in [0.4, 0.5) is 0 Å². The van der Waals surface area contributed by atoms with Crippen LogP contribution in [0, 0.1) is 0 Å². The number of hydrogen-bond donors (Lipinski definition) is 0. The highest BCUT2D eigenvalue weighted by Gasteiger charge is 1.88. The van der Waals surface area contributed by atoms with E-state index in [1.807, 2.05) is 0 Å². The monoisotopic (exact) mass is 138 g/mol. The SMILES string of the molecule is CC1=CC(P)=CCC=C1. The van der Waals surface area contributed by atoms with Crippen molar-refractivity contribution < 1.29 is 0 Å². The molecule has 9 heavy (non-hydrogen) atoms. The van der Waals surface area contributed by atoms with Gasteiger partial charge in [0.05, 0.1) is 0 Å². The van der Waals surface area contributed by atoms with Crippen LogP contribution in [0.3, 0.4) is 0 Å². The van der Waals surface area contributed by atoms with Crippen LogP contribution < -0.4 is 0 Å². The maximum Gasteiger partial charge on any atom is -0.0157 e. The van der Waals surface area contributed by atoms with E-state index in [4.69, 9.17) is 0 Å². The largest absolute Gasteiger partial charge is 0.106 e. The van der Waals surface area contributed by atoms with E-state index in [1.54, 1.807) is 0 Å². The topological polar surface area (TPSA) is 0 Å². The normalized spacial score (nSPS) is 18.4. The highest BCUT2D eigenvalue weighted by Crippen LogP contribution is 2.15. The molecule has 0 saturated carbocycles. The lowest BCUT2D eigenvalue weighted by Gasteiger charge is -1.87. The molecule has 0 aliphatic heterocycles. The Hall–Kier alpha value is -0.350. The Morgan fingerprint density at radius 3 is 3.11 bits per heavy atom. The first kappa shape index (κ1) is 6.77. The summed E-state index contributed by atoms with van der Waals surface area (Å²) in [6.07, 6.45) is 9.73. The van der Waals surface area contributed by atoms with Crippen molar-refractivity contribution in [2.45, 2.75) is 13.3 Å². The average Bonchev–Trinajstić information content (AvgIpc) is 1.93. The van der Waals surface area contributed by atoms with Gasteiger partial charge in [-0.3, -0.25) is 0 Å². The second-order valence-electron chi connectivity index (χ2n) is 2.23. The zero-order valence-corrected chi connectivity index (χ0v) is 6.75. The second-order valence-corrected chi connectivity index (χ2v) is 2.90. The maximum absolute atomic E-state index is 2.71. The fraction of sp³-hybridized carbons (Fsp3) is 0.250. The standard InChI is InChI=1S/C8H11P/c1-7-4-2-3-5-8(9)6-7/h2,4-6H,3,9H2,1H3. The fourth-order valence-corrected chi connectivity index (χ4v) is 1.23. The van der Waals surface area contributed by atoms with E-state index in [2.05, 4.69) is 40.5 Å². The minimum Gasteiger partial charge on any atom is -0.106 e. The first-order valence-corrected chi connectivity index (χ1v) is 3.67. The first-order chi connectivity index (χ1) is 4.29. The summed E-state index contributed by atoms with van der Waals surface area (Å²) < 4.78 is 0. The summed E-state index contributed by atoms with van der Waals surface area (Å²) in [6, 6.07) is 0. The summed E-state index contributed by atoms with van der Waals surface area (Å²) in [4.78, 5) is 0. The van der Waals surface area contributed by atoms with Gasteiger partial charge in [0.15, 0.2) is 0 Å². The number of rotatable bonds is 0. The summed E-state index contributed by atoms with van der Waals surface area (Å²) in [7, 11) is 2.71. The van der Waals surface area contributed by atoms with Gasteiger partial charge in [0.25, 0.3) is 0 Å². The van der Waals surface area contributed by atoms with Gasteiger partial charge in [-0.2, -0.15) is 0 Å². The van der Waals surface area contributed by atoms with Crippen LogP contribution in [-0.2, 0) is 0 Å². The van der Waals surface area contributed by atoms with Gasteiger partial charge in [-0.25, -0.2) is 0 Å². The van der Waals surface area contributed by atoms with E-state index >= 15 is 0 Å². The van der Waals surface area contributed by atoms with Gasteiger partial charge >= 0.3 is 0 Å². The third-order valence-electron chi connectivity index (χ3n) is 1.26. The summed E-state index contributed by atoms with van der Waals surface area (Å²) >= 11 is 0. The van der Waals surface area contributed by atoms with Gasteiger partial charge in [0, 0.05) is 0 Å². The second kappa shape index (κ2) is 2.98. The summed E-state index contributed by atoms with van der Waals surface area (Å²) in [5, 5.41) is 1.29. The minimum atomic E-state index is 1.06. The Bertz CT molecular complexity index is 185. The molecule has 0 bridgehead atoms. The van der Waals surface area contributed by atoms with Crippen LogP contribution in [0.1, 0.15) is 13.3 Å². The molecule has 0 fully saturated rings. The highest BCUT2D eigenvalue weighted by molar-refractivity contribution is 7.22. The van der Waals surface area contributed by atoms with Crippen molar-refractivity contribution in [3.63, 3.8) is 0 Å². The number of allylic oxidation sites excluding steroid dienone is 6. The van der Waals surface area contributed by atoms with Gasteiger partial charge in [-0.1, -0.05) is 29.9 Å². The lowest BCUT2D eigenvalue weighted by Crippen LogP contribution is -1.63. The zero-order valence-electron chi connectivity index (χ0n) is 5.59. The van der Waals surface area contributed by atoms with Gasteiger partial charge in [-0.05, 0) is 18.7 Å². The van der Waals surface area contributed by atoms with Crippen molar-refractivity contribution in [1.29, 1.82) is 0 Å². The Labute approximate surface area is 58.5 Å². The fourth-order valence-electron chi connectivity index (χ4n) is 0.828. The van der Waals surface area contributed by atoms with Crippen molar-refractivity contribution in [2.24, 2.45) is 0 Å². The van der Waals surface area contributed by atoms with E-state index in [0.717, 1.165) is 6.42 Å². The third-order valence-corrected chi connectivity index (χ3v) is 1.67. The molecule has 0 radical (unpaired) electrons. The molecule has 1 atom stereocenters. The van der Waals surface area contributed by atoms with E-state index < -0.39 is 0 Å². The molecule has 0 heterocycles. The molecule has 1 rings (SSSR count).